The first-order valence-electron chi connectivity index (χ1n) is 14.8. The van der Waals surface area contributed by atoms with E-state index in [1.165, 1.54) is 32.6 Å². The molecule has 0 amide bonds. The number of aromatic nitrogens is 4. The van der Waals surface area contributed by atoms with E-state index in [-0.39, 0.29) is 0 Å². The molecule has 5 aromatic carbocycles. The van der Waals surface area contributed by atoms with Gasteiger partial charge in [-0.05, 0) is 60.7 Å². The van der Waals surface area contributed by atoms with Crippen LogP contribution in [0, 0.1) is 0 Å². The van der Waals surface area contributed by atoms with E-state index in [4.69, 9.17) is 4.98 Å². The first kappa shape index (κ1) is 24.6. The fraction of sp³-hybridized carbons (Fsp3) is 0. The van der Waals surface area contributed by atoms with E-state index >= 15 is 0 Å². The van der Waals surface area contributed by atoms with Gasteiger partial charge in [0.2, 0.25) is 0 Å². The van der Waals surface area contributed by atoms with Crippen molar-refractivity contribution in [2.75, 3.05) is 0 Å². The first-order chi connectivity index (χ1) is 21.8. The smallest absolute Gasteiger partial charge is 0.138 e. The zero-order valence-electron chi connectivity index (χ0n) is 23.8. The molecule has 0 aliphatic heterocycles. The largest absolute Gasteiger partial charge is 0.309 e. The highest BCUT2D eigenvalue weighted by Crippen LogP contribution is 2.39. The Labute approximate surface area is 254 Å². The topological polar surface area (TPSA) is 35.6 Å². The molecule has 0 spiro atoms. The molecule has 0 atom stereocenters. The van der Waals surface area contributed by atoms with Crippen LogP contribution in [-0.2, 0) is 0 Å². The van der Waals surface area contributed by atoms with Crippen molar-refractivity contribution < 1.29 is 0 Å². The lowest BCUT2D eigenvalue weighted by molar-refractivity contribution is 1.08. The molecule has 0 N–H and O–H groups in total. The quantitative estimate of drug-likeness (QED) is 0.214. The van der Waals surface area contributed by atoms with Crippen LogP contribution in [0.4, 0.5) is 0 Å². The number of hydrogen-bond donors (Lipinski definition) is 0. The average Bonchev–Trinajstić information content (AvgIpc) is 3.60. The van der Waals surface area contributed by atoms with Gasteiger partial charge >= 0.3 is 0 Å². The summed E-state index contributed by atoms with van der Waals surface area (Å²) in [5.74, 6) is 0.906. The second kappa shape index (κ2) is 9.79. The molecule has 0 aliphatic rings. The molecule has 0 bridgehead atoms. The molecule has 0 fully saturated rings. The maximum absolute atomic E-state index is 5.17. The summed E-state index contributed by atoms with van der Waals surface area (Å²) in [6.07, 6.45) is 1.85. The third-order valence-electron chi connectivity index (χ3n) is 8.56. The van der Waals surface area contributed by atoms with Gasteiger partial charge in [-0.3, -0.25) is 9.55 Å². The Kier molecular flexibility index (Phi) is 5.47. The summed E-state index contributed by atoms with van der Waals surface area (Å²) in [5, 5.41) is 4.83. The number of pyridine rings is 2. The van der Waals surface area contributed by atoms with Gasteiger partial charge in [0.05, 0.1) is 33.5 Å². The van der Waals surface area contributed by atoms with E-state index in [1.54, 1.807) is 0 Å². The monoisotopic (exact) mass is 562 g/mol. The molecule has 0 saturated heterocycles. The molecule has 4 aromatic heterocycles. The maximum Gasteiger partial charge on any atom is 0.138 e. The number of fused-ring (bicyclic) bond motifs is 6. The van der Waals surface area contributed by atoms with Crippen molar-refractivity contribution in [1.29, 1.82) is 0 Å². The van der Waals surface area contributed by atoms with Gasteiger partial charge < -0.3 is 4.57 Å². The lowest BCUT2D eigenvalue weighted by Gasteiger charge is -2.11. The SMILES string of the molecule is c1ccc(-c2cccc(-n3c4ccccc4c4cc5c(cc43)c3ccccc3n5-c3cccc(-c4ccccn4)c3)n2)cc1. The Hall–Kier alpha value is -6.00. The van der Waals surface area contributed by atoms with E-state index in [2.05, 4.69) is 148 Å². The lowest BCUT2D eigenvalue weighted by atomic mass is 10.1. The summed E-state index contributed by atoms with van der Waals surface area (Å²) in [6, 6.07) is 53.4. The van der Waals surface area contributed by atoms with E-state index in [0.29, 0.717) is 0 Å². The molecule has 4 nitrogen and oxygen atoms in total. The number of para-hydroxylation sites is 2. The van der Waals surface area contributed by atoms with Gasteiger partial charge in [-0.2, -0.15) is 0 Å². The highest BCUT2D eigenvalue weighted by Gasteiger charge is 2.19. The van der Waals surface area contributed by atoms with Crippen LogP contribution in [0.25, 0.3) is 77.6 Å². The minimum absolute atomic E-state index is 0.906. The van der Waals surface area contributed by atoms with Crippen LogP contribution < -0.4 is 0 Å². The Morgan fingerprint density at radius 1 is 0.386 bits per heavy atom. The Morgan fingerprint density at radius 3 is 1.75 bits per heavy atom. The lowest BCUT2D eigenvalue weighted by Crippen LogP contribution is -1.98. The fourth-order valence-electron chi connectivity index (χ4n) is 6.61. The number of hydrogen-bond acceptors (Lipinski definition) is 2. The van der Waals surface area contributed by atoms with Gasteiger partial charge in [0.1, 0.15) is 5.82 Å². The molecule has 4 heterocycles. The third kappa shape index (κ3) is 3.78. The van der Waals surface area contributed by atoms with Gasteiger partial charge in [0.25, 0.3) is 0 Å². The predicted octanol–water partition coefficient (Wildman–Crippen LogP) is 10.0. The molecule has 0 radical (unpaired) electrons. The van der Waals surface area contributed by atoms with E-state index in [0.717, 1.165) is 45.1 Å². The maximum atomic E-state index is 5.17. The van der Waals surface area contributed by atoms with Crippen molar-refractivity contribution in [2.45, 2.75) is 0 Å². The molecule has 206 valence electrons. The molecule has 4 heteroatoms. The van der Waals surface area contributed by atoms with Gasteiger partial charge in [-0.15, -0.1) is 0 Å². The van der Waals surface area contributed by atoms with Crippen LogP contribution in [0.5, 0.6) is 0 Å². The van der Waals surface area contributed by atoms with Crippen LogP contribution in [0.1, 0.15) is 0 Å². The molecule has 44 heavy (non-hydrogen) atoms. The number of rotatable bonds is 4. The van der Waals surface area contributed by atoms with Crippen LogP contribution in [0.3, 0.4) is 0 Å². The summed E-state index contributed by atoms with van der Waals surface area (Å²) in [4.78, 5) is 9.78. The molecular formula is C40H26N4. The van der Waals surface area contributed by atoms with Gasteiger partial charge in [0, 0.05) is 44.6 Å². The van der Waals surface area contributed by atoms with E-state index in [9.17, 15) is 0 Å². The van der Waals surface area contributed by atoms with Crippen LogP contribution in [-0.4, -0.2) is 19.1 Å². The van der Waals surface area contributed by atoms with Crippen LogP contribution in [0.2, 0.25) is 0 Å². The van der Waals surface area contributed by atoms with Crippen molar-refractivity contribution in [2.24, 2.45) is 0 Å². The Morgan fingerprint density at radius 2 is 1.00 bits per heavy atom. The van der Waals surface area contributed by atoms with E-state index in [1.807, 2.05) is 24.4 Å². The van der Waals surface area contributed by atoms with Crippen molar-refractivity contribution in [1.82, 2.24) is 19.1 Å². The Balaban J connectivity index is 1.34. The van der Waals surface area contributed by atoms with E-state index < -0.39 is 0 Å². The molecule has 0 saturated carbocycles. The van der Waals surface area contributed by atoms with Crippen molar-refractivity contribution in [3.05, 3.63) is 158 Å². The third-order valence-corrected chi connectivity index (χ3v) is 8.56. The molecule has 9 aromatic rings. The zero-order valence-corrected chi connectivity index (χ0v) is 23.8. The number of benzene rings is 5. The van der Waals surface area contributed by atoms with Crippen molar-refractivity contribution in [3.8, 4) is 34.0 Å². The Bertz CT molecular complexity index is 2310. The summed E-state index contributed by atoms with van der Waals surface area (Å²) < 4.78 is 4.70. The molecule has 0 aliphatic carbocycles. The molecular weight excluding hydrogens is 536 g/mol. The minimum atomic E-state index is 0.906. The second-order valence-electron chi connectivity index (χ2n) is 11.1. The second-order valence-corrected chi connectivity index (χ2v) is 11.1. The summed E-state index contributed by atoms with van der Waals surface area (Å²) in [6.45, 7) is 0. The summed E-state index contributed by atoms with van der Waals surface area (Å²) in [7, 11) is 0. The highest BCUT2D eigenvalue weighted by atomic mass is 15.1. The summed E-state index contributed by atoms with van der Waals surface area (Å²) >= 11 is 0. The highest BCUT2D eigenvalue weighted by molar-refractivity contribution is 6.19. The minimum Gasteiger partial charge on any atom is -0.309 e. The molecule has 9 rings (SSSR count). The van der Waals surface area contributed by atoms with Crippen LogP contribution in [0.15, 0.2) is 158 Å². The first-order valence-corrected chi connectivity index (χ1v) is 14.8. The average molecular weight is 563 g/mol. The fourth-order valence-corrected chi connectivity index (χ4v) is 6.61. The van der Waals surface area contributed by atoms with Gasteiger partial charge in [-0.25, -0.2) is 4.98 Å². The summed E-state index contributed by atoms with van der Waals surface area (Å²) in [5.41, 5.74) is 9.86. The molecule has 0 unspecified atom stereocenters. The predicted molar refractivity (Wildman–Crippen MR) is 182 cm³/mol. The number of nitrogens with zero attached hydrogens (tertiary/aromatic N) is 4. The van der Waals surface area contributed by atoms with Gasteiger partial charge in [-0.1, -0.05) is 91.0 Å². The van der Waals surface area contributed by atoms with Crippen molar-refractivity contribution >= 4 is 43.6 Å². The van der Waals surface area contributed by atoms with Crippen molar-refractivity contribution in [3.63, 3.8) is 0 Å². The van der Waals surface area contributed by atoms with Crippen LogP contribution >= 0.6 is 0 Å². The standard InChI is InChI=1S/C40H26N4/c1-2-12-27(13-3-1)35-19-11-22-40(42-35)44-37-21-7-5-17-31(37)33-25-38-32(26-39(33)44)30-16-4-6-20-36(30)43(38)29-15-10-14-28(24-29)34-18-8-9-23-41-34/h1-26H. The zero-order chi connectivity index (χ0) is 29.0. The van der Waals surface area contributed by atoms with Gasteiger partial charge in [0.15, 0.2) is 0 Å². The normalized spacial score (nSPS) is 11.6.